The molecule has 1 heterocycles. The van der Waals surface area contributed by atoms with Crippen molar-refractivity contribution in [1.82, 2.24) is 9.71 Å². The molecule has 8 heteroatoms. The van der Waals surface area contributed by atoms with Gasteiger partial charge in [0.1, 0.15) is 0 Å². The monoisotopic (exact) mass is 300 g/mol. The highest BCUT2D eigenvalue weighted by molar-refractivity contribution is 7.89. The molecular weight excluding hydrogens is 280 g/mol. The minimum atomic E-state index is -3.68. The molecule has 0 aliphatic heterocycles. The number of hydrogen-bond donors (Lipinski definition) is 3. The third-order valence-corrected chi connectivity index (χ3v) is 4.65. The second-order valence-corrected chi connectivity index (χ2v) is 6.36. The van der Waals surface area contributed by atoms with Crippen molar-refractivity contribution in [3.05, 3.63) is 18.3 Å². The van der Waals surface area contributed by atoms with Crippen LogP contribution in [0.2, 0.25) is 0 Å². The van der Waals surface area contributed by atoms with E-state index in [2.05, 4.69) is 15.1 Å². The minimum absolute atomic E-state index is 0.108. The zero-order valence-electron chi connectivity index (χ0n) is 11.2. The summed E-state index contributed by atoms with van der Waals surface area (Å²) in [5.41, 5.74) is 2.58. The maximum absolute atomic E-state index is 12.1. The summed E-state index contributed by atoms with van der Waals surface area (Å²) in [6, 6.07) is 3.16. The van der Waals surface area contributed by atoms with Gasteiger partial charge in [0.15, 0.2) is 5.03 Å². The average Bonchev–Trinajstić information content (AvgIpc) is 2.97. The number of hydrogen-bond acceptors (Lipinski definition) is 6. The van der Waals surface area contributed by atoms with Crippen LogP contribution in [0.15, 0.2) is 23.4 Å². The Morgan fingerprint density at radius 3 is 2.85 bits per heavy atom. The van der Waals surface area contributed by atoms with E-state index in [9.17, 15) is 8.42 Å². The molecule has 1 aliphatic carbocycles. The molecule has 112 valence electrons. The van der Waals surface area contributed by atoms with E-state index < -0.39 is 10.0 Å². The van der Waals surface area contributed by atoms with Gasteiger partial charge in [-0.05, 0) is 25.0 Å². The molecule has 4 N–H and O–H groups in total. The number of pyridine rings is 1. The number of nitrogens with one attached hydrogen (secondary N) is 2. The van der Waals surface area contributed by atoms with Gasteiger partial charge in [0.25, 0.3) is 10.0 Å². The van der Waals surface area contributed by atoms with E-state index in [1.54, 1.807) is 12.1 Å². The van der Waals surface area contributed by atoms with Gasteiger partial charge in [0, 0.05) is 12.7 Å². The van der Waals surface area contributed by atoms with Gasteiger partial charge in [0.05, 0.1) is 18.4 Å². The second kappa shape index (κ2) is 6.98. The number of nitrogens with zero attached hydrogens (tertiary/aromatic N) is 1. The van der Waals surface area contributed by atoms with Crippen LogP contribution in [0, 0.1) is 0 Å². The van der Waals surface area contributed by atoms with Crippen LogP contribution in [-0.4, -0.2) is 32.7 Å². The first-order valence-corrected chi connectivity index (χ1v) is 8.14. The van der Waals surface area contributed by atoms with Gasteiger partial charge < -0.3 is 10.2 Å². The summed E-state index contributed by atoms with van der Waals surface area (Å²) in [6.07, 6.45) is 6.19. The molecule has 0 amide bonds. The van der Waals surface area contributed by atoms with E-state index in [4.69, 9.17) is 10.6 Å². The highest BCUT2D eigenvalue weighted by Crippen LogP contribution is 2.20. The Bertz CT molecular complexity index is 529. The van der Waals surface area contributed by atoms with Gasteiger partial charge in [-0.3, -0.25) is 5.84 Å². The maximum atomic E-state index is 12.1. The fourth-order valence-electron chi connectivity index (χ4n) is 2.24. The molecule has 0 atom stereocenters. The number of ether oxygens (including phenoxy) is 1. The highest BCUT2D eigenvalue weighted by Gasteiger charge is 2.20. The van der Waals surface area contributed by atoms with Gasteiger partial charge >= 0.3 is 0 Å². The molecule has 1 aliphatic rings. The van der Waals surface area contributed by atoms with Crippen molar-refractivity contribution in [2.75, 3.05) is 18.6 Å². The SMILES string of the molecule is NNc1cccnc1S(=O)(=O)NCCOC1CCCC1. The Labute approximate surface area is 118 Å². The fourth-order valence-corrected chi connectivity index (χ4v) is 3.34. The summed E-state index contributed by atoms with van der Waals surface area (Å²) < 4.78 is 32.2. The number of rotatable bonds is 7. The van der Waals surface area contributed by atoms with Crippen LogP contribution in [0.25, 0.3) is 0 Å². The highest BCUT2D eigenvalue weighted by atomic mass is 32.2. The van der Waals surface area contributed by atoms with Crippen LogP contribution in [0.5, 0.6) is 0 Å². The van der Waals surface area contributed by atoms with Crippen LogP contribution in [0.3, 0.4) is 0 Å². The molecule has 2 rings (SSSR count). The van der Waals surface area contributed by atoms with Gasteiger partial charge in [-0.2, -0.15) is 0 Å². The summed E-state index contributed by atoms with van der Waals surface area (Å²) in [7, 11) is -3.68. The first kappa shape index (κ1) is 15.2. The van der Waals surface area contributed by atoms with Crippen molar-refractivity contribution in [2.45, 2.75) is 36.8 Å². The Balaban J connectivity index is 1.87. The normalized spacial score (nSPS) is 16.4. The molecule has 1 aromatic rings. The van der Waals surface area contributed by atoms with Crippen molar-refractivity contribution < 1.29 is 13.2 Å². The molecule has 0 bridgehead atoms. The minimum Gasteiger partial charge on any atom is -0.377 e. The Morgan fingerprint density at radius 1 is 1.40 bits per heavy atom. The van der Waals surface area contributed by atoms with Crippen molar-refractivity contribution >= 4 is 15.7 Å². The fraction of sp³-hybridized carbons (Fsp3) is 0.583. The first-order valence-electron chi connectivity index (χ1n) is 6.66. The zero-order valence-corrected chi connectivity index (χ0v) is 12.0. The van der Waals surface area contributed by atoms with Crippen molar-refractivity contribution in [3.63, 3.8) is 0 Å². The van der Waals surface area contributed by atoms with Crippen molar-refractivity contribution in [2.24, 2.45) is 5.84 Å². The summed E-state index contributed by atoms with van der Waals surface area (Å²) >= 11 is 0. The molecule has 0 radical (unpaired) electrons. The van der Waals surface area contributed by atoms with Crippen LogP contribution >= 0.6 is 0 Å². The molecule has 7 nitrogen and oxygen atoms in total. The van der Waals surface area contributed by atoms with E-state index in [-0.39, 0.29) is 23.4 Å². The van der Waals surface area contributed by atoms with Crippen LogP contribution in [0.4, 0.5) is 5.69 Å². The molecule has 0 spiro atoms. The third kappa shape index (κ3) is 3.89. The maximum Gasteiger partial charge on any atom is 0.260 e. The summed E-state index contributed by atoms with van der Waals surface area (Å²) in [6.45, 7) is 0.585. The van der Waals surface area contributed by atoms with E-state index in [0.29, 0.717) is 6.61 Å². The second-order valence-electron chi connectivity index (χ2n) is 4.68. The molecule has 1 saturated carbocycles. The standard InChI is InChI=1S/C12H20N4O3S/c13-16-11-6-3-7-14-12(11)20(17,18)15-8-9-19-10-4-1-2-5-10/h3,6-7,10,15-16H,1-2,4-5,8-9,13H2. The van der Waals surface area contributed by atoms with E-state index in [0.717, 1.165) is 12.8 Å². The number of nitrogen functional groups attached to an aromatic ring is 1. The number of sulfonamides is 1. The van der Waals surface area contributed by atoms with E-state index >= 15 is 0 Å². The predicted molar refractivity (Wildman–Crippen MR) is 75.4 cm³/mol. The van der Waals surface area contributed by atoms with Gasteiger partial charge in [-0.1, -0.05) is 12.8 Å². The molecule has 0 saturated heterocycles. The van der Waals surface area contributed by atoms with Crippen LogP contribution < -0.4 is 16.0 Å². The van der Waals surface area contributed by atoms with Crippen LogP contribution in [-0.2, 0) is 14.8 Å². The summed E-state index contributed by atoms with van der Waals surface area (Å²) in [5.74, 6) is 5.28. The Hall–Kier alpha value is -1.22. The summed E-state index contributed by atoms with van der Waals surface area (Å²) in [4.78, 5) is 3.84. The quantitative estimate of drug-likeness (QED) is 0.387. The topological polar surface area (TPSA) is 106 Å². The Kier molecular flexibility index (Phi) is 5.30. The first-order chi connectivity index (χ1) is 9.63. The lowest BCUT2D eigenvalue weighted by Gasteiger charge is -2.12. The van der Waals surface area contributed by atoms with Gasteiger partial charge in [0.2, 0.25) is 0 Å². The third-order valence-electron chi connectivity index (χ3n) is 3.23. The largest absolute Gasteiger partial charge is 0.377 e. The number of hydrazine groups is 1. The lowest BCUT2D eigenvalue weighted by Crippen LogP contribution is -2.30. The molecule has 0 unspecified atom stereocenters. The van der Waals surface area contributed by atoms with Crippen LogP contribution in [0.1, 0.15) is 25.7 Å². The lowest BCUT2D eigenvalue weighted by molar-refractivity contribution is 0.0626. The Morgan fingerprint density at radius 2 is 2.15 bits per heavy atom. The summed E-state index contributed by atoms with van der Waals surface area (Å²) in [5, 5.41) is -0.108. The van der Waals surface area contributed by atoms with Gasteiger partial charge in [-0.15, -0.1) is 0 Å². The smallest absolute Gasteiger partial charge is 0.260 e. The van der Waals surface area contributed by atoms with E-state index in [1.807, 2.05) is 0 Å². The number of aromatic nitrogens is 1. The zero-order chi connectivity index (χ0) is 14.4. The lowest BCUT2D eigenvalue weighted by atomic mass is 10.3. The molecule has 1 aromatic heterocycles. The van der Waals surface area contributed by atoms with Gasteiger partial charge in [-0.25, -0.2) is 18.1 Å². The molecule has 20 heavy (non-hydrogen) atoms. The predicted octanol–water partition coefficient (Wildman–Crippen LogP) is 0.605. The van der Waals surface area contributed by atoms with Crippen molar-refractivity contribution in [1.29, 1.82) is 0 Å². The average molecular weight is 300 g/mol. The molecular formula is C12H20N4O3S. The molecule has 0 aromatic carbocycles. The number of anilines is 1. The number of nitrogens with two attached hydrogens (primary N) is 1. The molecule has 1 fully saturated rings. The van der Waals surface area contributed by atoms with Crippen molar-refractivity contribution in [3.8, 4) is 0 Å². The van der Waals surface area contributed by atoms with E-state index in [1.165, 1.54) is 19.0 Å².